The van der Waals surface area contributed by atoms with Crippen molar-refractivity contribution in [2.24, 2.45) is 5.41 Å². The molecular formula is C9H20O2. The average molecular weight is 160 g/mol. The van der Waals surface area contributed by atoms with Crippen molar-refractivity contribution in [2.45, 2.75) is 39.5 Å². The summed E-state index contributed by atoms with van der Waals surface area (Å²) in [6, 6.07) is 0. The summed E-state index contributed by atoms with van der Waals surface area (Å²) < 4.78 is 0. The second kappa shape index (κ2) is 5.56. The minimum atomic E-state index is 0.0392. The van der Waals surface area contributed by atoms with E-state index in [9.17, 15) is 0 Å². The molecule has 0 fully saturated rings. The highest BCUT2D eigenvalue weighted by Crippen LogP contribution is 2.27. The standard InChI is InChI=1S/C9H20O2/c1-3-5-9(2,8-11)6-4-7-10/h10-11H,3-8H2,1-2H3. The van der Waals surface area contributed by atoms with Crippen LogP contribution in [0.3, 0.4) is 0 Å². The first-order chi connectivity index (χ1) is 5.18. The van der Waals surface area contributed by atoms with Crippen molar-refractivity contribution in [3.05, 3.63) is 0 Å². The van der Waals surface area contributed by atoms with Crippen LogP contribution in [0.2, 0.25) is 0 Å². The molecule has 0 rings (SSSR count). The summed E-state index contributed by atoms with van der Waals surface area (Å²) in [5, 5.41) is 17.7. The van der Waals surface area contributed by atoms with E-state index in [0.717, 1.165) is 25.7 Å². The number of hydrogen-bond donors (Lipinski definition) is 2. The fourth-order valence-corrected chi connectivity index (χ4v) is 1.39. The zero-order chi connectivity index (χ0) is 8.74. The zero-order valence-electron chi connectivity index (χ0n) is 7.64. The number of aliphatic hydroxyl groups excluding tert-OH is 2. The van der Waals surface area contributed by atoms with Crippen LogP contribution in [0, 0.1) is 5.41 Å². The Morgan fingerprint density at radius 1 is 1.18 bits per heavy atom. The van der Waals surface area contributed by atoms with Crippen LogP contribution >= 0.6 is 0 Å². The molecule has 0 aliphatic carbocycles. The Morgan fingerprint density at radius 2 is 1.82 bits per heavy atom. The van der Waals surface area contributed by atoms with Gasteiger partial charge in [0, 0.05) is 13.2 Å². The quantitative estimate of drug-likeness (QED) is 0.619. The largest absolute Gasteiger partial charge is 0.396 e. The molecule has 1 unspecified atom stereocenters. The van der Waals surface area contributed by atoms with Gasteiger partial charge in [0.1, 0.15) is 0 Å². The second-order valence-electron chi connectivity index (χ2n) is 3.55. The van der Waals surface area contributed by atoms with Gasteiger partial charge in [-0.05, 0) is 24.7 Å². The monoisotopic (exact) mass is 160 g/mol. The van der Waals surface area contributed by atoms with Gasteiger partial charge in [0.25, 0.3) is 0 Å². The maximum absolute atomic E-state index is 9.06. The van der Waals surface area contributed by atoms with E-state index in [2.05, 4.69) is 13.8 Å². The summed E-state index contributed by atoms with van der Waals surface area (Å²) >= 11 is 0. The predicted molar refractivity (Wildman–Crippen MR) is 46.4 cm³/mol. The van der Waals surface area contributed by atoms with E-state index in [0.29, 0.717) is 0 Å². The Kier molecular flexibility index (Phi) is 5.51. The summed E-state index contributed by atoms with van der Waals surface area (Å²) in [7, 11) is 0. The molecule has 0 bridgehead atoms. The third-order valence-electron chi connectivity index (χ3n) is 2.17. The summed E-state index contributed by atoms with van der Waals surface area (Å²) in [6.45, 7) is 4.67. The Labute approximate surface area is 69.2 Å². The molecule has 68 valence electrons. The first kappa shape index (κ1) is 10.9. The minimum absolute atomic E-state index is 0.0392. The molecule has 11 heavy (non-hydrogen) atoms. The van der Waals surface area contributed by atoms with Crippen molar-refractivity contribution in [1.82, 2.24) is 0 Å². The molecule has 2 nitrogen and oxygen atoms in total. The Balaban J connectivity index is 3.68. The molecule has 0 aliphatic heterocycles. The average Bonchev–Trinajstić information content (AvgIpc) is 2.02. The molecule has 0 heterocycles. The van der Waals surface area contributed by atoms with Crippen molar-refractivity contribution in [1.29, 1.82) is 0 Å². The first-order valence-electron chi connectivity index (χ1n) is 4.40. The van der Waals surface area contributed by atoms with Gasteiger partial charge < -0.3 is 10.2 Å². The van der Waals surface area contributed by atoms with Crippen LogP contribution in [0.1, 0.15) is 39.5 Å². The molecular weight excluding hydrogens is 140 g/mol. The summed E-state index contributed by atoms with van der Waals surface area (Å²) in [6.07, 6.45) is 3.87. The summed E-state index contributed by atoms with van der Waals surface area (Å²) in [4.78, 5) is 0. The third kappa shape index (κ3) is 4.38. The normalized spacial score (nSPS) is 16.4. The predicted octanol–water partition coefficient (Wildman–Crippen LogP) is 1.56. The van der Waals surface area contributed by atoms with Crippen molar-refractivity contribution < 1.29 is 10.2 Å². The molecule has 0 saturated carbocycles. The van der Waals surface area contributed by atoms with Gasteiger partial charge in [-0.1, -0.05) is 20.3 Å². The molecule has 0 aromatic carbocycles. The van der Waals surface area contributed by atoms with Crippen molar-refractivity contribution in [2.75, 3.05) is 13.2 Å². The van der Waals surface area contributed by atoms with E-state index >= 15 is 0 Å². The SMILES string of the molecule is CCCC(C)(CO)CCCO. The number of rotatable bonds is 6. The molecule has 0 amide bonds. The van der Waals surface area contributed by atoms with Crippen LogP contribution in [-0.2, 0) is 0 Å². The van der Waals surface area contributed by atoms with Crippen molar-refractivity contribution >= 4 is 0 Å². The van der Waals surface area contributed by atoms with E-state index < -0.39 is 0 Å². The first-order valence-corrected chi connectivity index (χ1v) is 4.40. The van der Waals surface area contributed by atoms with E-state index in [-0.39, 0.29) is 18.6 Å². The van der Waals surface area contributed by atoms with E-state index in [4.69, 9.17) is 10.2 Å². The maximum Gasteiger partial charge on any atom is 0.0484 e. The molecule has 0 spiro atoms. The van der Waals surface area contributed by atoms with E-state index in [1.807, 2.05) is 0 Å². The molecule has 2 N–H and O–H groups in total. The van der Waals surface area contributed by atoms with Gasteiger partial charge >= 0.3 is 0 Å². The van der Waals surface area contributed by atoms with Gasteiger partial charge in [0.2, 0.25) is 0 Å². The Bertz CT molecular complexity index is 93.6. The molecule has 2 heteroatoms. The topological polar surface area (TPSA) is 40.5 Å². The molecule has 0 aliphatic rings. The van der Waals surface area contributed by atoms with Crippen LogP contribution in [0.15, 0.2) is 0 Å². The van der Waals surface area contributed by atoms with E-state index in [1.54, 1.807) is 0 Å². The molecule has 0 aromatic heterocycles. The second-order valence-corrected chi connectivity index (χ2v) is 3.55. The molecule has 0 radical (unpaired) electrons. The van der Waals surface area contributed by atoms with Crippen LogP contribution in [0.25, 0.3) is 0 Å². The van der Waals surface area contributed by atoms with Crippen molar-refractivity contribution in [3.8, 4) is 0 Å². The van der Waals surface area contributed by atoms with Crippen LogP contribution < -0.4 is 0 Å². The minimum Gasteiger partial charge on any atom is -0.396 e. The highest BCUT2D eigenvalue weighted by Gasteiger charge is 2.20. The highest BCUT2D eigenvalue weighted by molar-refractivity contribution is 4.72. The smallest absolute Gasteiger partial charge is 0.0484 e. The third-order valence-corrected chi connectivity index (χ3v) is 2.17. The van der Waals surface area contributed by atoms with Crippen LogP contribution in [-0.4, -0.2) is 23.4 Å². The molecule has 0 saturated heterocycles. The maximum atomic E-state index is 9.06. The van der Waals surface area contributed by atoms with Crippen LogP contribution in [0.5, 0.6) is 0 Å². The van der Waals surface area contributed by atoms with Gasteiger partial charge in [-0.15, -0.1) is 0 Å². The number of hydrogen-bond acceptors (Lipinski definition) is 2. The van der Waals surface area contributed by atoms with Crippen LogP contribution in [0.4, 0.5) is 0 Å². The lowest BCUT2D eigenvalue weighted by atomic mass is 9.82. The Morgan fingerprint density at radius 3 is 2.18 bits per heavy atom. The summed E-state index contributed by atoms with van der Waals surface area (Å²) in [5.74, 6) is 0. The molecule has 1 atom stereocenters. The Hall–Kier alpha value is -0.0800. The lowest BCUT2D eigenvalue weighted by Gasteiger charge is -2.26. The van der Waals surface area contributed by atoms with Crippen molar-refractivity contribution in [3.63, 3.8) is 0 Å². The van der Waals surface area contributed by atoms with Gasteiger partial charge in [-0.25, -0.2) is 0 Å². The van der Waals surface area contributed by atoms with E-state index in [1.165, 1.54) is 0 Å². The lowest BCUT2D eigenvalue weighted by Crippen LogP contribution is -2.21. The fourth-order valence-electron chi connectivity index (χ4n) is 1.39. The summed E-state index contributed by atoms with van der Waals surface area (Å²) in [5.41, 5.74) is 0.0392. The van der Waals surface area contributed by atoms with Gasteiger partial charge in [-0.3, -0.25) is 0 Å². The van der Waals surface area contributed by atoms with Gasteiger partial charge in [0.05, 0.1) is 0 Å². The van der Waals surface area contributed by atoms with Gasteiger partial charge in [-0.2, -0.15) is 0 Å². The van der Waals surface area contributed by atoms with Gasteiger partial charge in [0.15, 0.2) is 0 Å². The highest BCUT2D eigenvalue weighted by atomic mass is 16.3. The zero-order valence-corrected chi connectivity index (χ0v) is 7.64. The fraction of sp³-hybridized carbons (Fsp3) is 1.00. The number of aliphatic hydroxyl groups is 2. The molecule has 0 aromatic rings. The lowest BCUT2D eigenvalue weighted by molar-refractivity contribution is 0.112.